The quantitative estimate of drug-likeness (QED) is 0.325. The summed E-state index contributed by atoms with van der Waals surface area (Å²) in [6.45, 7) is 0. The first-order chi connectivity index (χ1) is 14.1. The minimum absolute atomic E-state index is 0.0165. The molecule has 1 fully saturated rings. The van der Waals surface area contributed by atoms with Gasteiger partial charge in [0.1, 0.15) is 0 Å². The normalized spacial score (nSPS) is 26.2. The second-order valence-electron chi connectivity index (χ2n) is 7.54. The van der Waals surface area contributed by atoms with E-state index in [2.05, 4.69) is 10.6 Å². The molecule has 0 saturated heterocycles. The lowest BCUT2D eigenvalue weighted by Crippen LogP contribution is -2.43. The van der Waals surface area contributed by atoms with E-state index in [1.807, 2.05) is 12.1 Å². The van der Waals surface area contributed by atoms with Gasteiger partial charge in [0.15, 0.2) is 0 Å². The van der Waals surface area contributed by atoms with E-state index < -0.39 is 18.2 Å². The van der Waals surface area contributed by atoms with Crippen LogP contribution in [0.4, 0.5) is 13.2 Å². The molecule has 0 radical (unpaired) electrons. The Labute approximate surface area is 186 Å². The van der Waals surface area contributed by atoms with Gasteiger partial charge in [0.05, 0.1) is 20.8 Å². The Bertz CT molecular complexity index is 968. The number of hydrogen-bond donors (Lipinski definition) is 2. The summed E-state index contributed by atoms with van der Waals surface area (Å²) in [7, 11) is 0. The molecule has 1 heterocycles. The third kappa shape index (κ3) is 3.67. The number of nitrogens with one attached hydrogen (secondary N) is 1. The van der Waals surface area contributed by atoms with Gasteiger partial charge in [-0.2, -0.15) is 13.2 Å². The SMILES string of the molecule is NNC1CC(c2ccc(C3=NOC(c4cc(Cl)c(Cl)c(Cl)c4)(C(F)(F)F)C3)cc2)C1. The second kappa shape index (κ2) is 7.88. The molecule has 4 nitrogen and oxygen atoms in total. The zero-order valence-corrected chi connectivity index (χ0v) is 17.7. The fourth-order valence-corrected chi connectivity index (χ4v) is 4.42. The molecule has 1 unspecified atom stereocenters. The molecular formula is C20H17Cl3F3N3O. The van der Waals surface area contributed by atoms with Crippen LogP contribution in [-0.4, -0.2) is 17.9 Å². The lowest BCUT2D eigenvalue weighted by atomic mass is 9.76. The standard InChI is InChI=1S/C20H17Cl3F3N3O/c21-15-7-13(8-16(22)18(15)23)19(20(24,25)26)9-17(29-30-19)11-3-1-10(2-4-11)12-5-14(6-12)28-27/h1-4,7-8,12,14,28H,5-6,9,27H2. The highest BCUT2D eigenvalue weighted by atomic mass is 35.5. The van der Waals surface area contributed by atoms with Crippen LogP contribution in [0.15, 0.2) is 41.6 Å². The number of rotatable bonds is 4. The molecule has 2 aromatic carbocycles. The maximum absolute atomic E-state index is 14.1. The van der Waals surface area contributed by atoms with Crippen LogP contribution in [0.1, 0.15) is 41.9 Å². The summed E-state index contributed by atoms with van der Waals surface area (Å²) in [4.78, 5) is 5.03. The Morgan fingerprint density at radius 3 is 2.20 bits per heavy atom. The zero-order chi connectivity index (χ0) is 21.7. The third-order valence-corrected chi connectivity index (χ3v) is 6.92. The van der Waals surface area contributed by atoms with Crippen LogP contribution >= 0.6 is 34.8 Å². The van der Waals surface area contributed by atoms with Crippen molar-refractivity contribution in [1.29, 1.82) is 0 Å². The lowest BCUT2D eigenvalue weighted by molar-refractivity contribution is -0.275. The summed E-state index contributed by atoms with van der Waals surface area (Å²) in [5, 5.41) is 3.58. The number of nitrogens with zero attached hydrogens (tertiary/aromatic N) is 1. The minimum Gasteiger partial charge on any atom is -0.374 e. The molecule has 1 atom stereocenters. The predicted octanol–water partition coefficient (Wildman–Crippen LogP) is 5.94. The predicted molar refractivity (Wildman–Crippen MR) is 111 cm³/mol. The Morgan fingerprint density at radius 2 is 1.67 bits per heavy atom. The van der Waals surface area contributed by atoms with Crippen molar-refractivity contribution in [1.82, 2.24) is 5.43 Å². The molecule has 1 saturated carbocycles. The van der Waals surface area contributed by atoms with Crippen LogP contribution < -0.4 is 11.3 Å². The number of hydrogen-bond acceptors (Lipinski definition) is 4. The van der Waals surface area contributed by atoms with Gasteiger partial charge in [-0.05, 0) is 42.0 Å². The first-order valence-corrected chi connectivity index (χ1v) is 10.3. The van der Waals surface area contributed by atoms with Crippen LogP contribution in [0.2, 0.25) is 15.1 Å². The van der Waals surface area contributed by atoms with Gasteiger partial charge >= 0.3 is 6.18 Å². The van der Waals surface area contributed by atoms with Crippen molar-refractivity contribution >= 4 is 40.5 Å². The van der Waals surface area contributed by atoms with Crippen molar-refractivity contribution in [3.63, 3.8) is 0 Å². The zero-order valence-electron chi connectivity index (χ0n) is 15.4. The molecule has 2 aromatic rings. The molecule has 3 N–H and O–H groups in total. The first kappa shape index (κ1) is 21.7. The van der Waals surface area contributed by atoms with Gasteiger partial charge in [0, 0.05) is 18.0 Å². The van der Waals surface area contributed by atoms with Crippen LogP contribution in [0.25, 0.3) is 0 Å². The fraction of sp³-hybridized carbons (Fsp3) is 0.350. The molecule has 1 aliphatic carbocycles. The Morgan fingerprint density at radius 1 is 1.07 bits per heavy atom. The summed E-state index contributed by atoms with van der Waals surface area (Å²) in [6.07, 6.45) is -3.41. The summed E-state index contributed by atoms with van der Waals surface area (Å²) in [6, 6.07) is 9.85. The number of oxime groups is 1. The van der Waals surface area contributed by atoms with Crippen LogP contribution in [0.5, 0.6) is 0 Å². The average molecular weight is 479 g/mol. The van der Waals surface area contributed by atoms with E-state index in [0.717, 1.165) is 30.5 Å². The highest BCUT2D eigenvalue weighted by Crippen LogP contribution is 2.50. The molecule has 0 bridgehead atoms. The Hall–Kier alpha value is -1.51. The van der Waals surface area contributed by atoms with E-state index in [1.54, 1.807) is 12.1 Å². The van der Waals surface area contributed by atoms with Crippen molar-refractivity contribution in [2.24, 2.45) is 11.0 Å². The molecule has 0 spiro atoms. The summed E-state index contributed by atoms with van der Waals surface area (Å²) in [5.74, 6) is 5.80. The third-order valence-electron chi connectivity index (χ3n) is 5.73. The number of hydrazine groups is 1. The Balaban J connectivity index is 1.60. The van der Waals surface area contributed by atoms with E-state index in [1.165, 1.54) is 0 Å². The largest absolute Gasteiger partial charge is 0.435 e. The number of benzene rings is 2. The van der Waals surface area contributed by atoms with Crippen LogP contribution in [0, 0.1) is 0 Å². The van der Waals surface area contributed by atoms with E-state index in [-0.39, 0.29) is 26.3 Å². The number of halogens is 6. The van der Waals surface area contributed by atoms with E-state index in [0.29, 0.717) is 17.5 Å². The molecule has 2 aliphatic rings. The van der Waals surface area contributed by atoms with Gasteiger partial charge < -0.3 is 4.84 Å². The molecule has 10 heteroatoms. The van der Waals surface area contributed by atoms with Crippen LogP contribution in [-0.2, 0) is 10.4 Å². The van der Waals surface area contributed by atoms with Crippen molar-refractivity contribution in [2.75, 3.05) is 0 Å². The molecule has 1 aliphatic heterocycles. The minimum atomic E-state index is -4.76. The molecule has 4 rings (SSSR count). The van der Waals surface area contributed by atoms with Crippen LogP contribution in [0.3, 0.4) is 0 Å². The molecule has 0 amide bonds. The monoisotopic (exact) mass is 477 g/mol. The molecule has 160 valence electrons. The van der Waals surface area contributed by atoms with Gasteiger partial charge in [-0.15, -0.1) is 0 Å². The number of alkyl halides is 3. The maximum Gasteiger partial charge on any atom is 0.435 e. The van der Waals surface area contributed by atoms with Gasteiger partial charge in [-0.1, -0.05) is 64.2 Å². The lowest BCUT2D eigenvalue weighted by Gasteiger charge is -2.35. The Kier molecular flexibility index (Phi) is 5.70. The molecule has 0 aromatic heterocycles. The maximum atomic E-state index is 14.1. The van der Waals surface area contributed by atoms with Crippen molar-refractivity contribution in [3.05, 3.63) is 68.2 Å². The van der Waals surface area contributed by atoms with E-state index in [9.17, 15) is 13.2 Å². The van der Waals surface area contributed by atoms with Crippen molar-refractivity contribution < 1.29 is 18.0 Å². The van der Waals surface area contributed by atoms with E-state index >= 15 is 0 Å². The van der Waals surface area contributed by atoms with Crippen molar-refractivity contribution in [3.8, 4) is 0 Å². The first-order valence-electron chi connectivity index (χ1n) is 9.18. The van der Waals surface area contributed by atoms with E-state index in [4.69, 9.17) is 45.5 Å². The topological polar surface area (TPSA) is 59.6 Å². The average Bonchev–Trinajstić information content (AvgIpc) is 3.12. The van der Waals surface area contributed by atoms with Gasteiger partial charge in [-0.25, -0.2) is 0 Å². The summed E-state index contributed by atoms with van der Waals surface area (Å²) >= 11 is 17.8. The fourth-order valence-electron chi connectivity index (χ4n) is 3.82. The summed E-state index contributed by atoms with van der Waals surface area (Å²) < 4.78 is 42.3. The smallest absolute Gasteiger partial charge is 0.374 e. The van der Waals surface area contributed by atoms with Gasteiger partial charge in [-0.3, -0.25) is 11.3 Å². The molecule has 30 heavy (non-hydrogen) atoms. The van der Waals surface area contributed by atoms with Gasteiger partial charge in [0.2, 0.25) is 0 Å². The molecular weight excluding hydrogens is 462 g/mol. The van der Waals surface area contributed by atoms with Gasteiger partial charge in [0.25, 0.3) is 5.60 Å². The highest BCUT2D eigenvalue weighted by Gasteiger charge is 2.62. The highest BCUT2D eigenvalue weighted by molar-refractivity contribution is 6.48. The second-order valence-corrected chi connectivity index (χ2v) is 8.73. The van der Waals surface area contributed by atoms with Crippen molar-refractivity contribution in [2.45, 2.75) is 43.0 Å². The summed E-state index contributed by atoms with van der Waals surface area (Å²) in [5.41, 5.74) is 1.66. The number of nitrogens with two attached hydrogens (primary N) is 1.